The molecule has 0 spiro atoms. The van der Waals surface area contributed by atoms with Gasteiger partial charge in [0.25, 0.3) is 0 Å². The first-order valence-electron chi connectivity index (χ1n) is 6.50. The summed E-state index contributed by atoms with van der Waals surface area (Å²) in [6.07, 6.45) is 8.68. The van der Waals surface area contributed by atoms with Gasteiger partial charge in [0, 0.05) is 31.7 Å². The molecular formula is C13H20N2O. The van der Waals surface area contributed by atoms with E-state index in [0.29, 0.717) is 12.0 Å². The molecule has 0 N–H and O–H groups in total. The van der Waals surface area contributed by atoms with Gasteiger partial charge in [0.1, 0.15) is 5.82 Å². The topological polar surface area (TPSA) is 27.1 Å². The number of ether oxygens (including phenoxy) is 1. The quantitative estimate of drug-likeness (QED) is 0.765. The molecule has 1 saturated heterocycles. The fraction of sp³-hybridized carbons (Fsp3) is 0.769. The largest absolute Gasteiger partial charge is 0.378 e. The Hall–Kier alpha value is -0.830. The molecule has 88 valence electrons. The summed E-state index contributed by atoms with van der Waals surface area (Å²) >= 11 is 0. The van der Waals surface area contributed by atoms with Crippen molar-refractivity contribution in [1.82, 2.24) is 9.55 Å². The summed E-state index contributed by atoms with van der Waals surface area (Å²) in [5.41, 5.74) is 1.23. The normalized spacial score (nSPS) is 29.3. The molecule has 16 heavy (non-hydrogen) atoms. The second-order valence-corrected chi connectivity index (χ2v) is 5.17. The van der Waals surface area contributed by atoms with Crippen LogP contribution in [0.2, 0.25) is 0 Å². The fourth-order valence-corrected chi connectivity index (χ4v) is 2.89. The number of aromatic nitrogens is 2. The van der Waals surface area contributed by atoms with Crippen molar-refractivity contribution < 1.29 is 4.74 Å². The second-order valence-electron chi connectivity index (χ2n) is 5.17. The molecule has 0 aromatic carbocycles. The van der Waals surface area contributed by atoms with Crippen molar-refractivity contribution in [3.63, 3.8) is 0 Å². The third-order valence-electron chi connectivity index (χ3n) is 3.80. The van der Waals surface area contributed by atoms with E-state index < -0.39 is 0 Å². The molecule has 1 aromatic heterocycles. The summed E-state index contributed by atoms with van der Waals surface area (Å²) in [6.45, 7) is 4.38. The minimum Gasteiger partial charge on any atom is -0.378 e. The molecule has 2 aliphatic rings. The fourth-order valence-electron chi connectivity index (χ4n) is 2.89. The van der Waals surface area contributed by atoms with E-state index in [0.717, 1.165) is 19.6 Å². The SMILES string of the molecule is CC1CCCn2cc(CC3CCCO3)nc21. The Morgan fingerprint density at radius 1 is 1.44 bits per heavy atom. The van der Waals surface area contributed by atoms with Crippen LogP contribution in [0.4, 0.5) is 0 Å². The van der Waals surface area contributed by atoms with E-state index >= 15 is 0 Å². The first kappa shape index (κ1) is 10.3. The van der Waals surface area contributed by atoms with Crippen molar-refractivity contribution in [2.75, 3.05) is 6.61 Å². The maximum absolute atomic E-state index is 5.67. The predicted molar refractivity (Wildman–Crippen MR) is 62.6 cm³/mol. The summed E-state index contributed by atoms with van der Waals surface area (Å²) in [4.78, 5) is 4.78. The number of imidazole rings is 1. The molecule has 2 atom stereocenters. The Bertz CT molecular complexity index is 366. The molecule has 3 rings (SSSR count). The van der Waals surface area contributed by atoms with Crippen LogP contribution in [0.15, 0.2) is 6.20 Å². The third-order valence-corrected chi connectivity index (χ3v) is 3.80. The standard InChI is InChI=1S/C13H20N2O/c1-10-4-2-6-15-9-11(14-13(10)15)8-12-5-3-7-16-12/h9-10,12H,2-8H2,1H3. The van der Waals surface area contributed by atoms with E-state index in [1.54, 1.807) is 0 Å². The zero-order valence-corrected chi connectivity index (χ0v) is 9.98. The minimum absolute atomic E-state index is 0.423. The van der Waals surface area contributed by atoms with E-state index in [1.165, 1.54) is 37.2 Å². The highest BCUT2D eigenvalue weighted by atomic mass is 16.5. The smallest absolute Gasteiger partial charge is 0.111 e. The lowest BCUT2D eigenvalue weighted by Crippen LogP contribution is -2.13. The van der Waals surface area contributed by atoms with Gasteiger partial charge in [-0.15, -0.1) is 0 Å². The number of fused-ring (bicyclic) bond motifs is 1. The van der Waals surface area contributed by atoms with E-state index in [-0.39, 0.29) is 0 Å². The van der Waals surface area contributed by atoms with E-state index in [1.807, 2.05) is 0 Å². The van der Waals surface area contributed by atoms with Gasteiger partial charge < -0.3 is 9.30 Å². The van der Waals surface area contributed by atoms with Crippen LogP contribution in [0.25, 0.3) is 0 Å². The Labute approximate surface area is 96.8 Å². The van der Waals surface area contributed by atoms with Crippen LogP contribution in [0.1, 0.15) is 50.0 Å². The average molecular weight is 220 g/mol. The zero-order valence-electron chi connectivity index (χ0n) is 9.98. The molecule has 1 aromatic rings. The van der Waals surface area contributed by atoms with Gasteiger partial charge in [0.15, 0.2) is 0 Å². The molecule has 0 amide bonds. The van der Waals surface area contributed by atoms with Crippen molar-refractivity contribution in [1.29, 1.82) is 0 Å². The molecule has 0 bridgehead atoms. The molecule has 1 fully saturated rings. The number of nitrogens with zero attached hydrogens (tertiary/aromatic N) is 2. The van der Waals surface area contributed by atoms with Gasteiger partial charge in [-0.25, -0.2) is 4.98 Å². The Balaban J connectivity index is 1.75. The summed E-state index contributed by atoms with van der Waals surface area (Å²) in [6, 6.07) is 0. The van der Waals surface area contributed by atoms with Crippen LogP contribution in [0.3, 0.4) is 0 Å². The molecule has 0 radical (unpaired) electrons. The first-order valence-corrected chi connectivity index (χ1v) is 6.50. The highest BCUT2D eigenvalue weighted by Crippen LogP contribution is 2.27. The van der Waals surface area contributed by atoms with Crippen molar-refractivity contribution in [2.45, 2.75) is 57.6 Å². The Morgan fingerprint density at radius 3 is 3.12 bits per heavy atom. The summed E-state index contributed by atoms with van der Waals surface area (Å²) < 4.78 is 8.01. The lowest BCUT2D eigenvalue weighted by Gasteiger charge is -2.19. The Kier molecular flexibility index (Phi) is 2.72. The number of hydrogen-bond acceptors (Lipinski definition) is 2. The lowest BCUT2D eigenvalue weighted by atomic mass is 10.0. The van der Waals surface area contributed by atoms with Gasteiger partial charge in [-0.3, -0.25) is 0 Å². The van der Waals surface area contributed by atoms with Gasteiger partial charge in [-0.05, 0) is 25.7 Å². The maximum atomic E-state index is 5.67. The third kappa shape index (κ3) is 1.88. The molecular weight excluding hydrogens is 200 g/mol. The van der Waals surface area contributed by atoms with Gasteiger partial charge in [0.05, 0.1) is 11.8 Å². The summed E-state index contributed by atoms with van der Waals surface area (Å²) in [5.74, 6) is 1.92. The van der Waals surface area contributed by atoms with Crippen LogP contribution in [-0.2, 0) is 17.7 Å². The predicted octanol–water partition coefficient (Wildman–Crippen LogP) is 2.50. The van der Waals surface area contributed by atoms with Crippen molar-refractivity contribution >= 4 is 0 Å². The van der Waals surface area contributed by atoms with Crippen LogP contribution in [0.5, 0.6) is 0 Å². The maximum Gasteiger partial charge on any atom is 0.111 e. The minimum atomic E-state index is 0.423. The highest BCUT2D eigenvalue weighted by Gasteiger charge is 2.22. The van der Waals surface area contributed by atoms with Crippen molar-refractivity contribution in [3.8, 4) is 0 Å². The molecule has 3 nitrogen and oxygen atoms in total. The van der Waals surface area contributed by atoms with E-state index in [2.05, 4.69) is 17.7 Å². The van der Waals surface area contributed by atoms with Gasteiger partial charge in [-0.2, -0.15) is 0 Å². The zero-order chi connectivity index (χ0) is 11.0. The number of rotatable bonds is 2. The van der Waals surface area contributed by atoms with Crippen molar-refractivity contribution in [2.24, 2.45) is 0 Å². The van der Waals surface area contributed by atoms with Gasteiger partial charge in [0.2, 0.25) is 0 Å². The summed E-state index contributed by atoms with van der Waals surface area (Å²) in [5, 5.41) is 0. The molecule has 2 unspecified atom stereocenters. The van der Waals surface area contributed by atoms with Gasteiger partial charge >= 0.3 is 0 Å². The molecule has 3 heteroatoms. The average Bonchev–Trinajstić information content (AvgIpc) is 2.88. The lowest BCUT2D eigenvalue weighted by molar-refractivity contribution is 0.110. The molecule has 0 saturated carbocycles. The molecule has 3 heterocycles. The number of aryl methyl sites for hydroxylation is 1. The van der Waals surface area contributed by atoms with Crippen molar-refractivity contribution in [3.05, 3.63) is 17.7 Å². The van der Waals surface area contributed by atoms with Crippen LogP contribution in [0, 0.1) is 0 Å². The second kappa shape index (κ2) is 4.21. The molecule has 2 aliphatic heterocycles. The van der Waals surface area contributed by atoms with Gasteiger partial charge in [-0.1, -0.05) is 6.92 Å². The van der Waals surface area contributed by atoms with Crippen LogP contribution in [-0.4, -0.2) is 22.3 Å². The Morgan fingerprint density at radius 2 is 2.38 bits per heavy atom. The summed E-state index contributed by atoms with van der Waals surface area (Å²) in [7, 11) is 0. The first-order chi connectivity index (χ1) is 7.83. The molecule has 0 aliphatic carbocycles. The highest BCUT2D eigenvalue weighted by molar-refractivity contribution is 5.10. The van der Waals surface area contributed by atoms with E-state index in [4.69, 9.17) is 9.72 Å². The number of hydrogen-bond donors (Lipinski definition) is 0. The van der Waals surface area contributed by atoms with E-state index in [9.17, 15) is 0 Å². The monoisotopic (exact) mass is 220 g/mol. The van der Waals surface area contributed by atoms with Crippen LogP contribution < -0.4 is 0 Å². The van der Waals surface area contributed by atoms with Crippen LogP contribution >= 0.6 is 0 Å².